The summed E-state index contributed by atoms with van der Waals surface area (Å²) >= 11 is 6.03. The lowest BCUT2D eigenvalue weighted by atomic mass is 10.0. The van der Waals surface area contributed by atoms with E-state index in [2.05, 4.69) is 15.3 Å². The number of hydrogen-bond acceptors (Lipinski definition) is 4. The van der Waals surface area contributed by atoms with Crippen LogP contribution in [0.5, 0.6) is 11.6 Å². The van der Waals surface area contributed by atoms with Gasteiger partial charge in [0.1, 0.15) is 11.6 Å². The molecule has 0 spiro atoms. The summed E-state index contributed by atoms with van der Waals surface area (Å²) in [6.45, 7) is 0. The molecule has 5 nitrogen and oxygen atoms in total. The highest BCUT2D eigenvalue weighted by molar-refractivity contribution is 6.28. The van der Waals surface area contributed by atoms with Gasteiger partial charge in [-0.1, -0.05) is 36.4 Å². The molecule has 2 heterocycles. The molecule has 2 aromatic heterocycles. The van der Waals surface area contributed by atoms with Crippen LogP contribution in [0, 0.1) is 5.82 Å². The van der Waals surface area contributed by atoms with Crippen molar-refractivity contribution in [1.82, 2.24) is 19.8 Å². The lowest BCUT2D eigenvalue weighted by Gasteiger charge is -2.15. The largest absolute Gasteiger partial charge is 0.436 e. The SMILES string of the molecule is Fc1ccc2c(Oc3cc(C(F)(F)F)ccc3-c3ccccc3)nn3c(Cl)nnc3c2c1. The number of hydrogen-bond donors (Lipinski definition) is 0. The van der Waals surface area contributed by atoms with Gasteiger partial charge in [0.25, 0.3) is 0 Å². The average Bonchev–Trinajstić information content (AvgIpc) is 3.14. The maximum absolute atomic E-state index is 13.9. The van der Waals surface area contributed by atoms with Gasteiger partial charge < -0.3 is 4.74 Å². The summed E-state index contributed by atoms with van der Waals surface area (Å²) in [6.07, 6.45) is -4.58. The Morgan fingerprint density at radius 2 is 1.66 bits per heavy atom. The van der Waals surface area contributed by atoms with Crippen LogP contribution >= 0.6 is 11.6 Å². The molecule has 0 saturated heterocycles. The van der Waals surface area contributed by atoms with Crippen LogP contribution in [0.4, 0.5) is 17.6 Å². The van der Waals surface area contributed by atoms with Crippen LogP contribution in [0.2, 0.25) is 5.28 Å². The number of halogens is 5. The van der Waals surface area contributed by atoms with E-state index in [0.717, 1.165) is 16.6 Å². The van der Waals surface area contributed by atoms with E-state index in [-0.39, 0.29) is 22.6 Å². The minimum atomic E-state index is -4.58. The van der Waals surface area contributed by atoms with Crippen molar-refractivity contribution < 1.29 is 22.3 Å². The lowest BCUT2D eigenvalue weighted by molar-refractivity contribution is -0.137. The van der Waals surface area contributed by atoms with Crippen molar-refractivity contribution in [2.45, 2.75) is 6.18 Å². The van der Waals surface area contributed by atoms with E-state index in [4.69, 9.17) is 16.3 Å². The highest BCUT2D eigenvalue weighted by Gasteiger charge is 2.31. The summed E-state index contributed by atoms with van der Waals surface area (Å²) in [5, 5.41) is 12.4. The van der Waals surface area contributed by atoms with Crippen molar-refractivity contribution in [3.63, 3.8) is 0 Å². The molecule has 0 amide bonds. The predicted octanol–water partition coefficient (Wildman–Crippen LogP) is 6.55. The van der Waals surface area contributed by atoms with Crippen molar-refractivity contribution in [3.8, 4) is 22.8 Å². The van der Waals surface area contributed by atoms with E-state index in [0.29, 0.717) is 21.9 Å². The van der Waals surface area contributed by atoms with Gasteiger partial charge in [-0.3, -0.25) is 0 Å². The fourth-order valence-electron chi connectivity index (χ4n) is 3.37. The van der Waals surface area contributed by atoms with Crippen molar-refractivity contribution in [1.29, 1.82) is 0 Å². The summed E-state index contributed by atoms with van der Waals surface area (Å²) in [7, 11) is 0. The molecule has 160 valence electrons. The third-order valence-electron chi connectivity index (χ3n) is 4.85. The van der Waals surface area contributed by atoms with Gasteiger partial charge in [0.05, 0.1) is 5.56 Å². The van der Waals surface area contributed by atoms with Gasteiger partial charge in [-0.05, 0) is 47.5 Å². The maximum atomic E-state index is 13.9. The van der Waals surface area contributed by atoms with Gasteiger partial charge in [-0.2, -0.15) is 17.7 Å². The number of fused-ring (bicyclic) bond motifs is 3. The summed E-state index contributed by atoms with van der Waals surface area (Å²) in [6, 6.07) is 15.8. The lowest BCUT2D eigenvalue weighted by Crippen LogP contribution is -2.06. The van der Waals surface area contributed by atoms with Gasteiger partial charge >= 0.3 is 6.18 Å². The van der Waals surface area contributed by atoms with Crippen molar-refractivity contribution in [2.24, 2.45) is 0 Å². The molecule has 0 aliphatic rings. The Balaban J connectivity index is 1.74. The molecule has 3 aromatic carbocycles. The molecule has 32 heavy (non-hydrogen) atoms. The molecule has 5 aromatic rings. The second-order valence-electron chi connectivity index (χ2n) is 6.88. The van der Waals surface area contributed by atoms with Gasteiger partial charge in [0.2, 0.25) is 11.2 Å². The molecule has 0 aliphatic carbocycles. The fourth-order valence-corrected chi connectivity index (χ4v) is 3.52. The normalized spacial score (nSPS) is 11.9. The van der Waals surface area contributed by atoms with Gasteiger partial charge in [0, 0.05) is 16.3 Å². The van der Waals surface area contributed by atoms with Crippen LogP contribution in [0.3, 0.4) is 0 Å². The van der Waals surface area contributed by atoms with E-state index >= 15 is 0 Å². The zero-order valence-electron chi connectivity index (χ0n) is 15.9. The Morgan fingerprint density at radius 3 is 2.41 bits per heavy atom. The molecule has 0 aliphatic heterocycles. The average molecular weight is 459 g/mol. The number of rotatable bonds is 3. The van der Waals surface area contributed by atoms with Crippen molar-refractivity contribution in [3.05, 3.63) is 83.4 Å². The van der Waals surface area contributed by atoms with E-state index in [9.17, 15) is 17.6 Å². The topological polar surface area (TPSA) is 52.3 Å². The summed E-state index contributed by atoms with van der Waals surface area (Å²) in [5.41, 5.74) is 0.371. The molecular formula is C22H11ClF4N4O. The van der Waals surface area contributed by atoms with Crippen LogP contribution in [0.25, 0.3) is 27.5 Å². The molecule has 0 fully saturated rings. The van der Waals surface area contributed by atoms with E-state index in [1.165, 1.54) is 24.3 Å². The quantitative estimate of drug-likeness (QED) is 0.288. The van der Waals surface area contributed by atoms with Crippen LogP contribution in [-0.4, -0.2) is 19.8 Å². The van der Waals surface area contributed by atoms with Gasteiger partial charge in [-0.15, -0.1) is 15.3 Å². The van der Waals surface area contributed by atoms with Crippen molar-refractivity contribution >= 4 is 28.0 Å². The fraction of sp³-hybridized carbons (Fsp3) is 0.0455. The second-order valence-corrected chi connectivity index (χ2v) is 7.21. The molecule has 0 unspecified atom stereocenters. The van der Waals surface area contributed by atoms with Crippen LogP contribution < -0.4 is 4.74 Å². The van der Waals surface area contributed by atoms with Crippen LogP contribution in [-0.2, 0) is 6.18 Å². The predicted molar refractivity (Wildman–Crippen MR) is 110 cm³/mol. The van der Waals surface area contributed by atoms with Crippen LogP contribution in [0.15, 0.2) is 66.7 Å². The van der Waals surface area contributed by atoms with Gasteiger partial charge in [-0.25, -0.2) is 4.39 Å². The maximum Gasteiger partial charge on any atom is 0.416 e. The van der Waals surface area contributed by atoms with E-state index < -0.39 is 17.6 Å². The molecular weight excluding hydrogens is 448 g/mol. The molecule has 0 atom stereocenters. The minimum Gasteiger partial charge on any atom is -0.436 e. The highest BCUT2D eigenvalue weighted by atomic mass is 35.5. The molecule has 0 saturated carbocycles. The molecule has 5 rings (SSSR count). The number of alkyl halides is 3. The molecule has 0 radical (unpaired) electrons. The molecule has 10 heteroatoms. The third kappa shape index (κ3) is 3.50. The Labute approximate surface area is 182 Å². The number of aromatic nitrogens is 4. The standard InChI is InChI=1S/C22H11ClF4N4O/c23-21-29-28-19-17-11-14(24)7-9-16(17)20(30-31(19)21)32-18-10-13(22(25,26)27)6-8-15(18)12-4-2-1-3-5-12/h1-11H. The zero-order chi connectivity index (χ0) is 22.5. The highest BCUT2D eigenvalue weighted by Crippen LogP contribution is 2.40. The summed E-state index contributed by atoms with van der Waals surface area (Å²) < 4.78 is 61.2. The number of benzene rings is 3. The monoisotopic (exact) mass is 458 g/mol. The first-order valence-corrected chi connectivity index (χ1v) is 9.64. The van der Waals surface area contributed by atoms with Crippen LogP contribution in [0.1, 0.15) is 5.56 Å². The first kappa shape index (κ1) is 20.2. The van der Waals surface area contributed by atoms with Crippen molar-refractivity contribution in [2.75, 3.05) is 0 Å². The number of nitrogens with zero attached hydrogens (tertiary/aromatic N) is 4. The Morgan fingerprint density at radius 1 is 0.875 bits per heavy atom. The zero-order valence-corrected chi connectivity index (χ0v) is 16.7. The summed E-state index contributed by atoms with van der Waals surface area (Å²) in [5.74, 6) is -0.696. The number of ether oxygens (including phenoxy) is 1. The molecule has 0 N–H and O–H groups in total. The van der Waals surface area contributed by atoms with E-state index in [1.54, 1.807) is 30.3 Å². The first-order chi connectivity index (χ1) is 15.3. The minimum absolute atomic E-state index is 0.0762. The van der Waals surface area contributed by atoms with Gasteiger partial charge in [0.15, 0.2) is 5.65 Å². The Bertz CT molecular complexity index is 1470. The third-order valence-corrected chi connectivity index (χ3v) is 5.08. The van der Waals surface area contributed by atoms with E-state index in [1.807, 2.05) is 0 Å². The Kier molecular flexibility index (Phi) is 4.70. The second kappa shape index (κ2) is 7.45. The molecule has 0 bridgehead atoms. The first-order valence-electron chi connectivity index (χ1n) is 9.26. The Hall–Kier alpha value is -3.72. The smallest absolute Gasteiger partial charge is 0.416 e. The summed E-state index contributed by atoms with van der Waals surface area (Å²) in [4.78, 5) is 0.